The Morgan fingerprint density at radius 1 is 0.967 bits per heavy atom. The molecular weight excluding hydrogens is 388 g/mol. The lowest BCUT2D eigenvalue weighted by Gasteiger charge is -2.19. The van der Waals surface area contributed by atoms with Crippen LogP contribution in [0.15, 0.2) is 42.5 Å². The molecular formula is C21H24N4O5. The largest absolute Gasteiger partial charge is 0.493 e. The molecule has 0 bridgehead atoms. The molecule has 2 aromatic rings. The lowest BCUT2D eigenvalue weighted by molar-refractivity contribution is -0.117. The molecule has 1 heterocycles. The Balaban J connectivity index is 1.58. The second-order valence-electron chi connectivity index (χ2n) is 6.80. The molecule has 158 valence electrons. The standard InChI is InChI=1S/C21H24N4O5/c1-13(26)22-14-4-6-15(7-5-14)23-21(28)24-16-10-20(27)25(12-16)17-8-9-18(29-2)19(11-17)30-3/h4-9,11,16H,10,12H2,1-3H3,(H,22,26)(H2,23,24,28)/t16-/m0/s1. The Kier molecular flexibility index (Phi) is 6.41. The monoisotopic (exact) mass is 412 g/mol. The minimum absolute atomic E-state index is 0.0906. The van der Waals surface area contributed by atoms with Gasteiger partial charge in [-0.1, -0.05) is 0 Å². The molecule has 1 saturated heterocycles. The molecule has 1 aliphatic rings. The first-order valence-electron chi connectivity index (χ1n) is 9.37. The molecule has 3 rings (SSSR count). The molecule has 9 nitrogen and oxygen atoms in total. The van der Waals surface area contributed by atoms with E-state index in [-0.39, 0.29) is 24.3 Å². The van der Waals surface area contributed by atoms with Crippen LogP contribution in [0, 0.1) is 0 Å². The van der Waals surface area contributed by atoms with Crippen LogP contribution < -0.4 is 30.3 Å². The minimum atomic E-state index is -0.408. The number of anilines is 3. The van der Waals surface area contributed by atoms with Gasteiger partial charge in [0.25, 0.3) is 0 Å². The van der Waals surface area contributed by atoms with Crippen LogP contribution in [0.1, 0.15) is 13.3 Å². The first-order valence-corrected chi connectivity index (χ1v) is 9.37. The van der Waals surface area contributed by atoms with Crippen LogP contribution in [0.25, 0.3) is 0 Å². The van der Waals surface area contributed by atoms with Gasteiger partial charge in [0, 0.05) is 43.0 Å². The van der Waals surface area contributed by atoms with Gasteiger partial charge < -0.3 is 30.3 Å². The van der Waals surface area contributed by atoms with Crippen molar-refractivity contribution in [1.82, 2.24) is 5.32 Å². The van der Waals surface area contributed by atoms with E-state index in [4.69, 9.17) is 9.47 Å². The zero-order valence-corrected chi connectivity index (χ0v) is 17.0. The zero-order chi connectivity index (χ0) is 21.7. The van der Waals surface area contributed by atoms with Gasteiger partial charge in [0.2, 0.25) is 11.8 Å². The Labute approximate surface area is 174 Å². The Morgan fingerprint density at radius 3 is 2.20 bits per heavy atom. The summed E-state index contributed by atoms with van der Waals surface area (Å²) in [6.45, 7) is 1.77. The predicted molar refractivity (Wildman–Crippen MR) is 113 cm³/mol. The van der Waals surface area contributed by atoms with Gasteiger partial charge in [0.15, 0.2) is 11.5 Å². The number of hydrogen-bond acceptors (Lipinski definition) is 5. The molecule has 3 N–H and O–H groups in total. The summed E-state index contributed by atoms with van der Waals surface area (Å²) in [4.78, 5) is 37.4. The maximum Gasteiger partial charge on any atom is 0.319 e. The van der Waals surface area contributed by atoms with E-state index in [2.05, 4.69) is 16.0 Å². The first kappa shape index (κ1) is 21.0. The Morgan fingerprint density at radius 2 is 1.60 bits per heavy atom. The molecule has 9 heteroatoms. The molecule has 0 unspecified atom stereocenters. The summed E-state index contributed by atoms with van der Waals surface area (Å²) in [6, 6.07) is 11.2. The summed E-state index contributed by atoms with van der Waals surface area (Å²) in [5.74, 6) is 0.844. The third kappa shape index (κ3) is 4.99. The fourth-order valence-corrected chi connectivity index (χ4v) is 3.24. The highest BCUT2D eigenvalue weighted by Crippen LogP contribution is 2.33. The smallest absolute Gasteiger partial charge is 0.319 e. The van der Waals surface area contributed by atoms with Crippen LogP contribution >= 0.6 is 0 Å². The summed E-state index contributed by atoms with van der Waals surface area (Å²) in [6.07, 6.45) is 0.198. The second kappa shape index (κ2) is 9.17. The highest BCUT2D eigenvalue weighted by molar-refractivity contribution is 5.98. The van der Waals surface area contributed by atoms with E-state index in [9.17, 15) is 14.4 Å². The maximum absolute atomic E-state index is 12.5. The SMILES string of the molecule is COc1ccc(N2C[C@@H](NC(=O)Nc3ccc(NC(C)=O)cc3)CC2=O)cc1OC. The summed E-state index contributed by atoms with van der Waals surface area (Å²) in [5.41, 5.74) is 1.89. The van der Waals surface area contributed by atoms with Crippen LogP contribution in [0.3, 0.4) is 0 Å². The highest BCUT2D eigenvalue weighted by atomic mass is 16.5. The van der Waals surface area contributed by atoms with Crippen LogP contribution in [-0.4, -0.2) is 44.7 Å². The van der Waals surface area contributed by atoms with E-state index in [1.807, 2.05) is 0 Å². The van der Waals surface area contributed by atoms with Crippen molar-refractivity contribution in [3.8, 4) is 11.5 Å². The summed E-state index contributed by atoms with van der Waals surface area (Å²) < 4.78 is 10.5. The number of methoxy groups -OCH3 is 2. The first-order chi connectivity index (χ1) is 14.4. The van der Waals surface area contributed by atoms with Gasteiger partial charge in [-0.25, -0.2) is 4.79 Å². The number of nitrogens with one attached hydrogen (secondary N) is 3. The summed E-state index contributed by atoms with van der Waals surface area (Å²) >= 11 is 0. The lowest BCUT2D eigenvalue weighted by atomic mass is 10.2. The van der Waals surface area contributed by atoms with Crippen molar-refractivity contribution in [2.24, 2.45) is 0 Å². The van der Waals surface area contributed by atoms with Crippen molar-refractivity contribution in [2.45, 2.75) is 19.4 Å². The van der Waals surface area contributed by atoms with Crippen LogP contribution in [-0.2, 0) is 9.59 Å². The van der Waals surface area contributed by atoms with Gasteiger partial charge in [0.1, 0.15) is 0 Å². The van der Waals surface area contributed by atoms with E-state index in [1.54, 1.807) is 54.5 Å². The second-order valence-corrected chi connectivity index (χ2v) is 6.80. The third-order valence-corrected chi connectivity index (χ3v) is 4.60. The molecule has 4 amide bonds. The van der Waals surface area contributed by atoms with Crippen LogP contribution in [0.4, 0.5) is 21.9 Å². The van der Waals surface area contributed by atoms with Gasteiger partial charge in [-0.05, 0) is 36.4 Å². The van der Waals surface area contributed by atoms with Crippen molar-refractivity contribution in [1.29, 1.82) is 0 Å². The van der Waals surface area contributed by atoms with Crippen LogP contribution in [0.2, 0.25) is 0 Å². The number of benzene rings is 2. The Hall–Kier alpha value is -3.75. The zero-order valence-electron chi connectivity index (χ0n) is 17.0. The Bertz CT molecular complexity index is 945. The topological polar surface area (TPSA) is 109 Å². The number of hydrogen-bond donors (Lipinski definition) is 3. The number of rotatable bonds is 6. The molecule has 0 aliphatic carbocycles. The number of ether oxygens (including phenoxy) is 2. The lowest BCUT2D eigenvalue weighted by Crippen LogP contribution is -2.39. The summed E-state index contributed by atoms with van der Waals surface area (Å²) in [7, 11) is 3.08. The van der Waals surface area contributed by atoms with Crippen LogP contribution in [0.5, 0.6) is 11.5 Å². The molecule has 1 fully saturated rings. The van der Waals surface area contributed by atoms with Gasteiger partial charge in [-0.15, -0.1) is 0 Å². The molecule has 2 aromatic carbocycles. The molecule has 0 radical (unpaired) electrons. The minimum Gasteiger partial charge on any atom is -0.493 e. The average molecular weight is 412 g/mol. The van der Waals surface area contributed by atoms with E-state index < -0.39 is 6.03 Å². The molecule has 0 aromatic heterocycles. The molecule has 30 heavy (non-hydrogen) atoms. The number of nitrogens with zero attached hydrogens (tertiary/aromatic N) is 1. The third-order valence-electron chi connectivity index (χ3n) is 4.60. The average Bonchev–Trinajstić information content (AvgIpc) is 3.08. The van der Waals surface area contributed by atoms with Gasteiger partial charge >= 0.3 is 6.03 Å². The van der Waals surface area contributed by atoms with E-state index >= 15 is 0 Å². The maximum atomic E-state index is 12.5. The number of urea groups is 1. The van der Waals surface area contributed by atoms with Gasteiger partial charge in [-0.2, -0.15) is 0 Å². The fraction of sp³-hybridized carbons (Fsp3) is 0.286. The van der Waals surface area contributed by atoms with Crippen molar-refractivity contribution in [3.63, 3.8) is 0 Å². The normalized spacial score (nSPS) is 15.5. The predicted octanol–water partition coefficient (Wildman–Crippen LogP) is 2.59. The number of carbonyl (C=O) groups is 3. The molecule has 0 saturated carbocycles. The molecule has 1 atom stereocenters. The van der Waals surface area contributed by atoms with Crippen molar-refractivity contribution in [3.05, 3.63) is 42.5 Å². The molecule has 1 aliphatic heterocycles. The highest BCUT2D eigenvalue weighted by Gasteiger charge is 2.32. The van der Waals surface area contributed by atoms with Gasteiger partial charge in [0.05, 0.1) is 20.3 Å². The molecule has 0 spiro atoms. The van der Waals surface area contributed by atoms with Crippen molar-refractivity contribution < 1.29 is 23.9 Å². The van der Waals surface area contributed by atoms with E-state index in [0.29, 0.717) is 35.1 Å². The van der Waals surface area contributed by atoms with Gasteiger partial charge in [-0.3, -0.25) is 9.59 Å². The van der Waals surface area contributed by atoms with Crippen molar-refractivity contribution in [2.75, 3.05) is 36.3 Å². The number of carbonyl (C=O) groups excluding carboxylic acids is 3. The van der Waals surface area contributed by atoms with E-state index in [1.165, 1.54) is 14.0 Å². The fourth-order valence-electron chi connectivity index (χ4n) is 3.24. The van der Waals surface area contributed by atoms with Crippen molar-refractivity contribution >= 4 is 34.9 Å². The summed E-state index contributed by atoms with van der Waals surface area (Å²) in [5, 5.41) is 8.20. The van der Waals surface area contributed by atoms with E-state index in [0.717, 1.165) is 0 Å². The number of amides is 4. The quantitative estimate of drug-likeness (QED) is 0.676.